The number of hydrogen-bond acceptors (Lipinski definition) is 8. The van der Waals surface area contributed by atoms with E-state index in [-0.39, 0.29) is 12.2 Å². The first-order valence-corrected chi connectivity index (χ1v) is 13.8. The molecule has 6 heterocycles. The SMILES string of the molecule is COc1nn(C)cc1-c1[nH]c2ncc3c(c2c1-c1ccc2c(c1)OCO2)C1(CCN(CC2(CC#N)CC2)C1)OC3. The van der Waals surface area contributed by atoms with Crippen LogP contribution in [0.3, 0.4) is 0 Å². The second-order valence-electron chi connectivity index (χ2n) is 11.6. The van der Waals surface area contributed by atoms with Gasteiger partial charge in [-0.25, -0.2) is 4.98 Å². The van der Waals surface area contributed by atoms with Crippen LogP contribution in [0.15, 0.2) is 30.6 Å². The number of pyridine rings is 1. The number of H-pyrrole nitrogens is 1. The number of methoxy groups -OCH3 is 1. The van der Waals surface area contributed by atoms with Crippen molar-refractivity contribution in [1.29, 1.82) is 5.26 Å². The van der Waals surface area contributed by atoms with Crippen molar-refractivity contribution in [3.63, 3.8) is 0 Å². The molecule has 4 aliphatic rings. The van der Waals surface area contributed by atoms with E-state index < -0.39 is 5.60 Å². The summed E-state index contributed by atoms with van der Waals surface area (Å²) >= 11 is 0. The van der Waals surface area contributed by atoms with Crippen LogP contribution in [0.25, 0.3) is 33.4 Å². The van der Waals surface area contributed by atoms with Gasteiger partial charge in [0.1, 0.15) is 11.2 Å². The fourth-order valence-electron chi connectivity index (χ4n) is 6.97. The molecule has 4 aromatic rings. The van der Waals surface area contributed by atoms with Gasteiger partial charge in [-0.1, -0.05) is 6.07 Å². The molecule has 1 aromatic carbocycles. The van der Waals surface area contributed by atoms with Crippen LogP contribution < -0.4 is 14.2 Å². The highest BCUT2D eigenvalue weighted by Gasteiger charge is 2.51. The van der Waals surface area contributed by atoms with E-state index in [1.54, 1.807) is 11.8 Å². The summed E-state index contributed by atoms with van der Waals surface area (Å²) in [5.41, 5.74) is 6.64. The highest BCUT2D eigenvalue weighted by atomic mass is 16.7. The quantitative estimate of drug-likeness (QED) is 0.382. The molecule has 0 amide bonds. The molecular formula is C30H30N6O4. The van der Waals surface area contributed by atoms with Crippen LogP contribution in [0, 0.1) is 16.7 Å². The van der Waals surface area contributed by atoms with Crippen molar-refractivity contribution in [3.05, 3.63) is 41.7 Å². The van der Waals surface area contributed by atoms with Crippen molar-refractivity contribution in [2.24, 2.45) is 12.5 Å². The largest absolute Gasteiger partial charge is 0.479 e. The molecule has 10 nitrogen and oxygen atoms in total. The number of benzene rings is 1. The van der Waals surface area contributed by atoms with Gasteiger partial charge in [-0.2, -0.15) is 5.26 Å². The van der Waals surface area contributed by atoms with E-state index in [2.05, 4.69) is 27.1 Å². The number of hydrogen-bond donors (Lipinski definition) is 1. The topological polar surface area (TPSA) is 110 Å². The Kier molecular flexibility index (Phi) is 5.03. The van der Waals surface area contributed by atoms with E-state index in [4.69, 9.17) is 23.9 Å². The first kappa shape index (κ1) is 23.8. The number of nitrogens with one attached hydrogen (secondary N) is 1. The van der Waals surface area contributed by atoms with Crippen molar-refractivity contribution in [2.45, 2.75) is 37.9 Å². The van der Waals surface area contributed by atoms with Crippen LogP contribution in [-0.4, -0.2) is 58.2 Å². The molecule has 1 saturated carbocycles. The van der Waals surface area contributed by atoms with Gasteiger partial charge in [0.05, 0.1) is 31.0 Å². The smallest absolute Gasteiger partial charge is 0.241 e. The zero-order chi connectivity index (χ0) is 27.1. The molecular weight excluding hydrogens is 508 g/mol. The number of aromatic amines is 1. The molecule has 1 saturated heterocycles. The number of rotatable bonds is 6. The summed E-state index contributed by atoms with van der Waals surface area (Å²) in [5, 5.41) is 15.0. The van der Waals surface area contributed by atoms with Gasteiger partial charge in [0, 0.05) is 67.6 Å². The summed E-state index contributed by atoms with van der Waals surface area (Å²) < 4.78 is 25.5. The third-order valence-electron chi connectivity index (χ3n) is 9.06. The average Bonchev–Trinajstić information content (AvgIpc) is 3.49. The lowest BCUT2D eigenvalue weighted by Gasteiger charge is -2.27. The van der Waals surface area contributed by atoms with Gasteiger partial charge in [0.15, 0.2) is 11.5 Å². The van der Waals surface area contributed by atoms with E-state index in [1.807, 2.05) is 31.6 Å². The van der Waals surface area contributed by atoms with Gasteiger partial charge in [-0.15, -0.1) is 5.10 Å². The Morgan fingerprint density at radius 3 is 2.90 bits per heavy atom. The standard InChI is InChI=1S/C30H30N6O4/c1-35-13-20(28(34-35)37-2)26-23(18-3-4-21-22(11-18)39-17-38-21)24-25-19(12-32-27(24)33-26)14-40-30(25)8-10-36(16-30)15-29(5-6-29)7-9-31/h3-4,11-13H,5-8,10,14-17H2,1-2H3,(H,32,33). The van der Waals surface area contributed by atoms with Gasteiger partial charge >= 0.3 is 0 Å². The number of fused-ring (bicyclic) bond motifs is 5. The zero-order valence-corrected chi connectivity index (χ0v) is 22.6. The number of nitrogens with zero attached hydrogens (tertiary/aromatic N) is 5. The van der Waals surface area contributed by atoms with E-state index in [1.165, 1.54) is 5.56 Å². The van der Waals surface area contributed by atoms with Crippen LogP contribution in [0.5, 0.6) is 17.4 Å². The Morgan fingerprint density at radius 2 is 2.08 bits per heavy atom. The second-order valence-corrected chi connectivity index (χ2v) is 11.6. The number of likely N-dealkylation sites (tertiary alicyclic amines) is 1. The molecule has 1 N–H and O–H groups in total. The maximum absolute atomic E-state index is 9.37. The van der Waals surface area contributed by atoms with Crippen molar-refractivity contribution in [1.82, 2.24) is 24.6 Å². The molecule has 10 heteroatoms. The molecule has 1 unspecified atom stereocenters. The van der Waals surface area contributed by atoms with Gasteiger partial charge in [-0.3, -0.25) is 9.58 Å². The molecule has 0 bridgehead atoms. The lowest BCUT2D eigenvalue weighted by molar-refractivity contribution is -0.0296. The number of ether oxygens (including phenoxy) is 4. The van der Waals surface area contributed by atoms with Crippen molar-refractivity contribution in [2.75, 3.05) is 33.5 Å². The van der Waals surface area contributed by atoms with Gasteiger partial charge in [0.2, 0.25) is 12.7 Å². The Hall–Kier alpha value is -4.07. The fourth-order valence-corrected chi connectivity index (χ4v) is 6.97. The second kappa shape index (κ2) is 8.46. The van der Waals surface area contributed by atoms with E-state index in [9.17, 15) is 5.26 Å². The molecule has 0 radical (unpaired) electrons. The molecule has 8 rings (SSSR count). The van der Waals surface area contributed by atoms with Gasteiger partial charge in [0.25, 0.3) is 0 Å². The summed E-state index contributed by atoms with van der Waals surface area (Å²) in [4.78, 5) is 11.0. The summed E-state index contributed by atoms with van der Waals surface area (Å²) in [6.45, 7) is 3.46. The van der Waals surface area contributed by atoms with Crippen LogP contribution >= 0.6 is 0 Å². The normalized spacial score (nSPS) is 22.2. The van der Waals surface area contributed by atoms with Crippen LogP contribution in [-0.2, 0) is 24.0 Å². The molecule has 40 heavy (non-hydrogen) atoms. The van der Waals surface area contributed by atoms with Crippen molar-refractivity contribution >= 4 is 11.0 Å². The zero-order valence-electron chi connectivity index (χ0n) is 22.6. The molecule has 1 aliphatic carbocycles. The Balaban J connectivity index is 1.32. The van der Waals surface area contributed by atoms with E-state index >= 15 is 0 Å². The summed E-state index contributed by atoms with van der Waals surface area (Å²) in [6, 6.07) is 8.49. The van der Waals surface area contributed by atoms with Crippen molar-refractivity contribution in [3.8, 4) is 45.8 Å². The van der Waals surface area contributed by atoms with Crippen LogP contribution in [0.1, 0.15) is 36.8 Å². The van der Waals surface area contributed by atoms with E-state index in [0.29, 0.717) is 18.9 Å². The van der Waals surface area contributed by atoms with Crippen LogP contribution in [0.2, 0.25) is 0 Å². The number of nitriles is 1. The van der Waals surface area contributed by atoms with Crippen LogP contribution in [0.4, 0.5) is 0 Å². The summed E-state index contributed by atoms with van der Waals surface area (Å²) in [5.74, 6) is 2.00. The molecule has 1 atom stereocenters. The first-order chi connectivity index (χ1) is 19.5. The average molecular weight is 539 g/mol. The predicted molar refractivity (Wildman–Crippen MR) is 146 cm³/mol. The predicted octanol–water partition coefficient (Wildman–Crippen LogP) is 4.49. The molecule has 204 valence electrons. The molecule has 2 fully saturated rings. The van der Waals surface area contributed by atoms with Crippen molar-refractivity contribution < 1.29 is 18.9 Å². The molecule has 3 aromatic heterocycles. The Bertz CT molecular complexity index is 1710. The number of aryl methyl sites for hydroxylation is 1. The fraction of sp³-hybridized carbons (Fsp3) is 0.433. The van der Waals surface area contributed by atoms with Gasteiger partial charge in [-0.05, 0) is 42.4 Å². The summed E-state index contributed by atoms with van der Waals surface area (Å²) in [6.07, 6.45) is 7.73. The minimum atomic E-state index is -0.428. The maximum Gasteiger partial charge on any atom is 0.241 e. The minimum Gasteiger partial charge on any atom is -0.479 e. The molecule has 3 aliphatic heterocycles. The number of aromatic nitrogens is 4. The first-order valence-electron chi connectivity index (χ1n) is 13.8. The van der Waals surface area contributed by atoms with E-state index in [0.717, 1.165) is 89.4 Å². The lowest BCUT2D eigenvalue weighted by Crippen LogP contribution is -2.34. The third-order valence-corrected chi connectivity index (χ3v) is 9.06. The Morgan fingerprint density at radius 1 is 1.20 bits per heavy atom. The molecule has 1 spiro atoms. The highest BCUT2D eigenvalue weighted by Crippen LogP contribution is 2.54. The Labute approximate surface area is 231 Å². The van der Waals surface area contributed by atoms with Gasteiger partial charge < -0.3 is 23.9 Å². The maximum atomic E-state index is 9.37. The third kappa shape index (κ3) is 3.47. The summed E-state index contributed by atoms with van der Waals surface area (Å²) in [7, 11) is 3.53. The highest BCUT2D eigenvalue weighted by molar-refractivity contribution is 6.06. The lowest BCUT2D eigenvalue weighted by atomic mass is 9.86. The monoisotopic (exact) mass is 538 g/mol. The minimum absolute atomic E-state index is 0.158.